The minimum Gasteiger partial charge on any atom is -0.448 e. The van der Waals surface area contributed by atoms with Gasteiger partial charge in [0.2, 0.25) is 0 Å². The molecule has 22 heavy (non-hydrogen) atoms. The van der Waals surface area contributed by atoms with Gasteiger partial charge in [-0.2, -0.15) is 0 Å². The maximum absolute atomic E-state index is 9.75. The number of nitrogens with one attached hydrogen (secondary N) is 1. The maximum Gasteiger partial charge on any atom is 0.197 e. The number of aliphatic hydroxyl groups is 1. The quantitative estimate of drug-likeness (QED) is 0.822. The molecule has 0 bridgehead atoms. The van der Waals surface area contributed by atoms with E-state index < -0.39 is 5.54 Å². The molecule has 0 radical (unpaired) electrons. The van der Waals surface area contributed by atoms with Gasteiger partial charge in [0.15, 0.2) is 5.89 Å². The summed E-state index contributed by atoms with van der Waals surface area (Å²) in [5, 5.41) is 13.9. The molecule has 1 atom stereocenters. The summed E-state index contributed by atoms with van der Waals surface area (Å²) < 4.78 is 5.49. The van der Waals surface area contributed by atoms with E-state index in [-0.39, 0.29) is 6.61 Å². The number of benzene rings is 1. The molecule has 1 fully saturated rings. The van der Waals surface area contributed by atoms with E-state index in [1.165, 1.54) is 12.8 Å². The maximum atomic E-state index is 9.75. The smallest absolute Gasteiger partial charge is 0.197 e. The monoisotopic (exact) mass is 320 g/mol. The van der Waals surface area contributed by atoms with Crippen LogP contribution < -0.4 is 5.32 Å². The van der Waals surface area contributed by atoms with Crippen LogP contribution in [0.3, 0.4) is 0 Å². The molecule has 2 N–H and O–H groups in total. The van der Waals surface area contributed by atoms with Gasteiger partial charge in [-0.05, 0) is 43.9 Å². The van der Waals surface area contributed by atoms with E-state index in [0.29, 0.717) is 18.9 Å². The summed E-state index contributed by atoms with van der Waals surface area (Å²) in [5.41, 5.74) is 1.61. The third kappa shape index (κ3) is 3.88. The molecule has 1 aliphatic carbocycles. The molecular formula is C17H21ClN2O2. The van der Waals surface area contributed by atoms with Crippen molar-refractivity contribution < 1.29 is 9.52 Å². The van der Waals surface area contributed by atoms with Crippen molar-refractivity contribution in [3.8, 4) is 0 Å². The molecule has 1 heterocycles. The largest absolute Gasteiger partial charge is 0.448 e. The molecule has 118 valence electrons. The second-order valence-corrected chi connectivity index (χ2v) is 6.76. The van der Waals surface area contributed by atoms with Crippen molar-refractivity contribution in [3.05, 3.63) is 52.7 Å². The second kappa shape index (κ2) is 6.41. The summed E-state index contributed by atoms with van der Waals surface area (Å²) in [5.74, 6) is 1.37. The van der Waals surface area contributed by atoms with Crippen LogP contribution in [0, 0.1) is 0 Å². The average molecular weight is 321 g/mol. The van der Waals surface area contributed by atoms with Gasteiger partial charge in [0, 0.05) is 23.0 Å². The fourth-order valence-electron chi connectivity index (χ4n) is 2.45. The van der Waals surface area contributed by atoms with Crippen LogP contribution in [0.5, 0.6) is 0 Å². The van der Waals surface area contributed by atoms with Gasteiger partial charge < -0.3 is 14.8 Å². The highest BCUT2D eigenvalue weighted by atomic mass is 35.5. The van der Waals surface area contributed by atoms with Crippen molar-refractivity contribution in [2.75, 3.05) is 6.61 Å². The Morgan fingerprint density at radius 1 is 1.36 bits per heavy atom. The van der Waals surface area contributed by atoms with E-state index in [1.54, 1.807) is 6.26 Å². The van der Waals surface area contributed by atoms with Crippen molar-refractivity contribution in [2.24, 2.45) is 0 Å². The number of halogens is 1. The highest BCUT2D eigenvalue weighted by molar-refractivity contribution is 6.30. The molecule has 0 aliphatic heterocycles. The van der Waals surface area contributed by atoms with Gasteiger partial charge in [0.1, 0.15) is 6.26 Å². The normalized spacial score (nSPS) is 17.4. The highest BCUT2D eigenvalue weighted by Gasteiger charge is 2.29. The van der Waals surface area contributed by atoms with Crippen LogP contribution in [0.15, 0.2) is 34.9 Å². The number of aromatic nitrogens is 1. The Morgan fingerprint density at radius 2 is 2.09 bits per heavy atom. The van der Waals surface area contributed by atoms with Gasteiger partial charge in [0.05, 0.1) is 12.3 Å². The lowest BCUT2D eigenvalue weighted by atomic mass is 9.93. The van der Waals surface area contributed by atoms with Crippen LogP contribution in [0.2, 0.25) is 5.02 Å². The molecule has 0 spiro atoms. The first-order chi connectivity index (χ1) is 10.6. The molecule has 4 nitrogen and oxygen atoms in total. The minimum atomic E-state index is -0.410. The molecule has 2 aromatic rings. The van der Waals surface area contributed by atoms with E-state index in [1.807, 2.05) is 31.2 Å². The molecule has 0 saturated heterocycles. The zero-order valence-corrected chi connectivity index (χ0v) is 13.4. The standard InChI is InChI=1S/C17H21ClN2O2/c1-17(11-21,8-12-2-6-14(18)7-3-12)19-9-15-10-22-16(20-15)13-4-5-13/h2-3,6-7,10,13,19,21H,4-5,8-9,11H2,1H3. The lowest BCUT2D eigenvalue weighted by Crippen LogP contribution is -2.47. The summed E-state index contributed by atoms with van der Waals surface area (Å²) in [6.07, 6.45) is 4.78. The van der Waals surface area contributed by atoms with Gasteiger partial charge in [-0.25, -0.2) is 4.98 Å². The van der Waals surface area contributed by atoms with Crippen LogP contribution in [-0.2, 0) is 13.0 Å². The van der Waals surface area contributed by atoms with E-state index in [9.17, 15) is 5.11 Å². The van der Waals surface area contributed by atoms with Gasteiger partial charge >= 0.3 is 0 Å². The first kappa shape index (κ1) is 15.5. The van der Waals surface area contributed by atoms with Crippen LogP contribution in [0.4, 0.5) is 0 Å². The Labute approximate surface area is 135 Å². The molecule has 1 saturated carbocycles. The Balaban J connectivity index is 1.60. The fraction of sp³-hybridized carbons (Fsp3) is 0.471. The first-order valence-corrected chi connectivity index (χ1v) is 8.00. The molecule has 1 aromatic heterocycles. The summed E-state index contributed by atoms with van der Waals surface area (Å²) >= 11 is 5.91. The third-order valence-corrected chi connectivity index (χ3v) is 4.30. The van der Waals surface area contributed by atoms with Gasteiger partial charge in [0.25, 0.3) is 0 Å². The number of rotatable bonds is 7. The van der Waals surface area contributed by atoms with Crippen LogP contribution in [0.1, 0.15) is 42.8 Å². The van der Waals surface area contributed by atoms with E-state index >= 15 is 0 Å². The van der Waals surface area contributed by atoms with Crippen molar-refractivity contribution in [3.63, 3.8) is 0 Å². The minimum absolute atomic E-state index is 0.0446. The summed E-state index contributed by atoms with van der Waals surface area (Å²) in [6.45, 7) is 2.63. The zero-order chi connectivity index (χ0) is 15.6. The van der Waals surface area contributed by atoms with E-state index in [2.05, 4.69) is 10.3 Å². The Kier molecular flexibility index (Phi) is 4.52. The van der Waals surface area contributed by atoms with Crippen LogP contribution in [0.25, 0.3) is 0 Å². The lowest BCUT2D eigenvalue weighted by molar-refractivity contribution is 0.172. The number of oxazole rings is 1. The van der Waals surface area contributed by atoms with Crippen molar-refractivity contribution >= 4 is 11.6 Å². The summed E-state index contributed by atoms with van der Waals surface area (Å²) in [7, 11) is 0. The Bertz CT molecular complexity index is 622. The molecule has 1 aliphatic rings. The zero-order valence-electron chi connectivity index (χ0n) is 12.7. The van der Waals surface area contributed by atoms with Crippen molar-refractivity contribution in [2.45, 2.75) is 44.2 Å². The number of aliphatic hydroxyl groups excluding tert-OH is 1. The van der Waals surface area contributed by atoms with E-state index in [4.69, 9.17) is 16.0 Å². The summed E-state index contributed by atoms with van der Waals surface area (Å²) in [4.78, 5) is 4.50. The summed E-state index contributed by atoms with van der Waals surface area (Å²) in [6, 6.07) is 7.71. The SMILES string of the molecule is CC(CO)(Cc1ccc(Cl)cc1)NCc1coc(C2CC2)n1. The van der Waals surface area contributed by atoms with Crippen molar-refractivity contribution in [1.82, 2.24) is 10.3 Å². The number of nitrogens with zero attached hydrogens (tertiary/aromatic N) is 1. The lowest BCUT2D eigenvalue weighted by Gasteiger charge is -2.28. The van der Waals surface area contributed by atoms with Crippen LogP contribution in [-0.4, -0.2) is 22.2 Å². The predicted molar refractivity (Wildman–Crippen MR) is 86.0 cm³/mol. The predicted octanol–water partition coefficient (Wildman–Crippen LogP) is 3.29. The second-order valence-electron chi connectivity index (χ2n) is 6.33. The molecule has 1 aromatic carbocycles. The van der Waals surface area contributed by atoms with Crippen LogP contribution >= 0.6 is 11.6 Å². The van der Waals surface area contributed by atoms with Gasteiger partial charge in [-0.3, -0.25) is 0 Å². The molecule has 1 unspecified atom stereocenters. The molecule has 0 amide bonds. The van der Waals surface area contributed by atoms with Crippen molar-refractivity contribution in [1.29, 1.82) is 0 Å². The number of hydrogen-bond acceptors (Lipinski definition) is 4. The topological polar surface area (TPSA) is 58.3 Å². The highest BCUT2D eigenvalue weighted by Crippen LogP contribution is 2.39. The third-order valence-electron chi connectivity index (χ3n) is 4.05. The number of hydrogen-bond donors (Lipinski definition) is 2. The first-order valence-electron chi connectivity index (χ1n) is 7.63. The molecular weight excluding hydrogens is 300 g/mol. The Morgan fingerprint density at radius 3 is 2.73 bits per heavy atom. The van der Waals surface area contributed by atoms with E-state index in [0.717, 1.165) is 22.2 Å². The molecule has 3 rings (SSSR count). The van der Waals surface area contributed by atoms with Gasteiger partial charge in [-0.1, -0.05) is 23.7 Å². The Hall–Kier alpha value is -1.36. The molecule has 5 heteroatoms. The van der Waals surface area contributed by atoms with Gasteiger partial charge in [-0.15, -0.1) is 0 Å². The average Bonchev–Trinajstić information content (AvgIpc) is 3.26. The fourth-order valence-corrected chi connectivity index (χ4v) is 2.58.